The number of hydrogen-bond donors (Lipinski definition) is 0. The lowest BCUT2D eigenvalue weighted by Crippen LogP contribution is -2.45. The molecular weight excluding hydrogens is 615 g/mol. The molecule has 4 aromatic rings. The minimum atomic E-state index is -4.60. The summed E-state index contributed by atoms with van der Waals surface area (Å²) in [5.74, 6) is -2.19. The van der Waals surface area contributed by atoms with Gasteiger partial charge in [-0.1, -0.05) is 25.1 Å². The van der Waals surface area contributed by atoms with Crippen LogP contribution in [-0.4, -0.2) is 69.5 Å². The van der Waals surface area contributed by atoms with Gasteiger partial charge in [0.2, 0.25) is 0 Å². The van der Waals surface area contributed by atoms with E-state index in [4.69, 9.17) is 0 Å². The zero-order valence-corrected chi connectivity index (χ0v) is 25.8. The molecule has 0 aliphatic carbocycles. The number of ketones is 1. The second-order valence-corrected chi connectivity index (χ2v) is 11.8. The number of piperazine rings is 1. The molecule has 0 saturated carbocycles. The Morgan fingerprint density at radius 1 is 0.915 bits per heavy atom. The molecular formula is C35H33F5N6O. The molecule has 1 saturated heterocycles. The lowest BCUT2D eigenvalue weighted by molar-refractivity contribution is -0.138. The van der Waals surface area contributed by atoms with Crippen molar-refractivity contribution < 1.29 is 26.7 Å². The van der Waals surface area contributed by atoms with E-state index in [-0.39, 0.29) is 41.6 Å². The average Bonchev–Trinajstić information content (AvgIpc) is 3.55. The van der Waals surface area contributed by atoms with E-state index in [2.05, 4.69) is 31.8 Å². The van der Waals surface area contributed by atoms with Gasteiger partial charge >= 0.3 is 6.18 Å². The van der Waals surface area contributed by atoms with Crippen LogP contribution in [0.5, 0.6) is 0 Å². The molecule has 1 fully saturated rings. The lowest BCUT2D eigenvalue weighted by Gasteiger charge is -2.34. The van der Waals surface area contributed by atoms with E-state index in [0.29, 0.717) is 42.1 Å². The Morgan fingerprint density at radius 2 is 1.68 bits per heavy atom. The summed E-state index contributed by atoms with van der Waals surface area (Å²) in [4.78, 5) is 34.6. The van der Waals surface area contributed by atoms with Crippen LogP contribution in [0.4, 0.5) is 27.6 Å². The van der Waals surface area contributed by atoms with Crippen molar-refractivity contribution in [3.05, 3.63) is 106 Å². The number of nitrogens with zero attached hydrogens (tertiary/aromatic N) is 6. The van der Waals surface area contributed by atoms with Gasteiger partial charge in [0.25, 0.3) is 0 Å². The number of hydrogen-bond acceptors (Lipinski definition) is 7. The van der Waals surface area contributed by atoms with Crippen LogP contribution in [-0.2, 0) is 43.2 Å². The second-order valence-electron chi connectivity index (χ2n) is 11.8. The van der Waals surface area contributed by atoms with E-state index in [1.807, 2.05) is 4.90 Å². The number of alkyl halides is 3. The third kappa shape index (κ3) is 7.28. The van der Waals surface area contributed by atoms with Gasteiger partial charge in [0.05, 0.1) is 17.0 Å². The first-order chi connectivity index (χ1) is 22.6. The quantitative estimate of drug-likeness (QED) is 0.192. The van der Waals surface area contributed by atoms with E-state index in [9.17, 15) is 18.0 Å². The number of aromatic nitrogens is 3. The maximum Gasteiger partial charge on any atom is 0.416 e. The van der Waals surface area contributed by atoms with Crippen LogP contribution in [0.3, 0.4) is 0 Å². The van der Waals surface area contributed by atoms with Gasteiger partial charge in [-0.05, 0) is 47.5 Å². The smallest absolute Gasteiger partial charge is 0.301 e. The van der Waals surface area contributed by atoms with Crippen LogP contribution in [0.2, 0.25) is 0 Å². The predicted octanol–water partition coefficient (Wildman–Crippen LogP) is 6.18. The molecule has 6 rings (SSSR count). The number of aliphatic imine (C=N–C) groups is 1. The van der Waals surface area contributed by atoms with Crippen molar-refractivity contribution in [3.8, 4) is 11.3 Å². The number of likely N-dealkylation sites (N-methyl/N-ethyl adjacent to an activating group) is 1. The minimum Gasteiger partial charge on any atom is -0.301 e. The molecule has 0 spiro atoms. The molecule has 47 heavy (non-hydrogen) atoms. The van der Waals surface area contributed by atoms with Crippen molar-refractivity contribution in [2.45, 2.75) is 45.3 Å². The molecule has 0 N–H and O–H groups in total. The average molecular weight is 649 g/mol. The van der Waals surface area contributed by atoms with Gasteiger partial charge in [0.15, 0.2) is 0 Å². The van der Waals surface area contributed by atoms with Gasteiger partial charge in [-0.25, -0.2) is 18.7 Å². The highest BCUT2D eigenvalue weighted by molar-refractivity contribution is 5.84. The number of rotatable bonds is 10. The van der Waals surface area contributed by atoms with Crippen LogP contribution in [0, 0.1) is 11.6 Å². The first-order valence-corrected chi connectivity index (χ1v) is 15.5. The standard InChI is InChI=1S/C35H33F5N6O/c1-2-45-12-14-46(15-13-45)20-24-6-5-22(17-28(24)35(38,39)40)16-25(47)18-23-7-8-29(36)27(32(23)37)19-31-26(4-3-10-41-31)33-34-30(9-11-42-34)43-21-44-33/h3-8,10-11,17,21H,2,9,12-16,18-20H2,1H3. The molecule has 244 valence electrons. The van der Waals surface area contributed by atoms with Crippen molar-refractivity contribution in [3.63, 3.8) is 0 Å². The SMILES string of the molecule is CCN1CCN(Cc2ccc(CC(=O)Cc3ccc(F)c(Cc4ncccc4-c4ncnc5c4N=CC5)c3F)cc2C(F)(F)F)CC1. The Kier molecular flexibility index (Phi) is 9.51. The first kappa shape index (κ1) is 32.5. The molecule has 0 bridgehead atoms. The molecule has 2 aliphatic rings. The van der Waals surface area contributed by atoms with E-state index >= 15 is 8.78 Å². The molecule has 7 nitrogen and oxygen atoms in total. The zero-order chi connectivity index (χ0) is 33.1. The summed E-state index contributed by atoms with van der Waals surface area (Å²) in [6, 6.07) is 9.68. The van der Waals surface area contributed by atoms with Gasteiger partial charge in [0.1, 0.15) is 35.1 Å². The number of benzene rings is 2. The topological polar surface area (TPSA) is 74.6 Å². The highest BCUT2D eigenvalue weighted by atomic mass is 19.4. The third-order valence-corrected chi connectivity index (χ3v) is 8.73. The summed E-state index contributed by atoms with van der Waals surface area (Å²) in [6.45, 7) is 6.07. The van der Waals surface area contributed by atoms with Gasteiger partial charge in [-0.2, -0.15) is 13.2 Å². The summed E-state index contributed by atoms with van der Waals surface area (Å²) < 4.78 is 73.1. The molecule has 0 amide bonds. The molecule has 0 radical (unpaired) electrons. The highest BCUT2D eigenvalue weighted by Crippen LogP contribution is 2.36. The minimum absolute atomic E-state index is 0.0460. The maximum absolute atomic E-state index is 15.8. The lowest BCUT2D eigenvalue weighted by atomic mass is 9.95. The molecule has 12 heteroatoms. The van der Waals surface area contributed by atoms with Gasteiger partial charge in [-0.3, -0.25) is 19.7 Å². The molecule has 2 aliphatic heterocycles. The third-order valence-electron chi connectivity index (χ3n) is 8.73. The Bertz CT molecular complexity index is 1820. The molecule has 0 atom stereocenters. The van der Waals surface area contributed by atoms with E-state index in [1.54, 1.807) is 18.3 Å². The van der Waals surface area contributed by atoms with Crippen LogP contribution in [0.25, 0.3) is 11.3 Å². The van der Waals surface area contributed by atoms with Crippen LogP contribution >= 0.6 is 0 Å². The number of carbonyl (C=O) groups excluding carboxylic acids is 1. The Labute approximate surface area is 269 Å². The number of halogens is 5. The number of Topliss-reactive ketones (excluding diaryl/α,β-unsaturated/α-hetero) is 1. The van der Waals surface area contributed by atoms with Crippen molar-refractivity contribution in [2.75, 3.05) is 32.7 Å². The normalized spacial score (nSPS) is 15.3. The number of pyridine rings is 1. The largest absolute Gasteiger partial charge is 0.416 e. The maximum atomic E-state index is 15.8. The summed E-state index contributed by atoms with van der Waals surface area (Å²) in [5.41, 5.74) is 1.99. The van der Waals surface area contributed by atoms with E-state index in [0.717, 1.165) is 37.5 Å². The summed E-state index contributed by atoms with van der Waals surface area (Å²) in [5, 5.41) is 0. The van der Waals surface area contributed by atoms with Crippen LogP contribution in [0.15, 0.2) is 60.0 Å². The van der Waals surface area contributed by atoms with E-state index < -0.39 is 35.6 Å². The van der Waals surface area contributed by atoms with Crippen LogP contribution in [0.1, 0.15) is 46.1 Å². The predicted molar refractivity (Wildman–Crippen MR) is 168 cm³/mol. The first-order valence-electron chi connectivity index (χ1n) is 15.5. The fourth-order valence-corrected chi connectivity index (χ4v) is 6.17. The summed E-state index contributed by atoms with van der Waals surface area (Å²) in [7, 11) is 0. The Hall–Kier alpha value is -4.42. The van der Waals surface area contributed by atoms with Crippen molar-refractivity contribution in [2.24, 2.45) is 4.99 Å². The number of fused-ring (bicyclic) bond motifs is 1. The van der Waals surface area contributed by atoms with Gasteiger partial charge in [-0.15, -0.1) is 0 Å². The highest BCUT2D eigenvalue weighted by Gasteiger charge is 2.34. The summed E-state index contributed by atoms with van der Waals surface area (Å²) in [6.07, 6.45) is -0.360. The molecule has 2 aromatic carbocycles. The fraction of sp³-hybridized carbons (Fsp3) is 0.343. The molecule has 2 aromatic heterocycles. The Morgan fingerprint density at radius 3 is 2.45 bits per heavy atom. The van der Waals surface area contributed by atoms with Crippen LogP contribution < -0.4 is 0 Å². The van der Waals surface area contributed by atoms with Crippen molar-refractivity contribution >= 4 is 17.7 Å². The van der Waals surface area contributed by atoms with Crippen molar-refractivity contribution in [1.29, 1.82) is 0 Å². The van der Waals surface area contributed by atoms with Gasteiger partial charge in [0, 0.05) is 81.9 Å². The van der Waals surface area contributed by atoms with E-state index in [1.165, 1.54) is 30.7 Å². The Balaban J connectivity index is 1.19. The zero-order valence-electron chi connectivity index (χ0n) is 25.8. The number of carbonyl (C=O) groups is 1. The fourth-order valence-electron chi connectivity index (χ4n) is 6.17. The second kappa shape index (κ2) is 13.7. The van der Waals surface area contributed by atoms with Gasteiger partial charge < -0.3 is 4.90 Å². The monoisotopic (exact) mass is 648 g/mol. The summed E-state index contributed by atoms with van der Waals surface area (Å²) >= 11 is 0. The molecule has 0 unspecified atom stereocenters. The molecule has 4 heterocycles. The van der Waals surface area contributed by atoms with Crippen molar-refractivity contribution in [1.82, 2.24) is 24.8 Å².